The van der Waals surface area contributed by atoms with Gasteiger partial charge in [-0.1, -0.05) is 23.2 Å². The minimum atomic E-state index is -0.0437. The number of carbonyl (C=O) groups is 1. The average Bonchev–Trinajstić information content (AvgIpc) is 2.90. The number of pyridine rings is 1. The number of anilines is 1. The van der Waals surface area contributed by atoms with Crippen LogP contribution in [0.3, 0.4) is 0 Å². The number of hydrogen-bond acceptors (Lipinski definition) is 5. The summed E-state index contributed by atoms with van der Waals surface area (Å²) < 4.78 is 1.57. The average molecular weight is 369 g/mol. The lowest BCUT2D eigenvalue weighted by molar-refractivity contribution is -0.117. The quantitative estimate of drug-likeness (QED) is 0.890. The molecule has 0 unspecified atom stereocenters. The monoisotopic (exact) mass is 368 g/mol. The van der Waals surface area contributed by atoms with Gasteiger partial charge in [0, 0.05) is 26.2 Å². The summed E-state index contributed by atoms with van der Waals surface area (Å²) in [6.45, 7) is 4.16. The summed E-state index contributed by atoms with van der Waals surface area (Å²) in [7, 11) is 2.09. The molecule has 0 radical (unpaired) electrons. The SMILES string of the molecule is CN1CCN(CC(=O)Nc2ccc(-n3cnc(Cl)c3Cl)nc2)CC1. The second-order valence-corrected chi connectivity index (χ2v) is 6.44. The molecule has 2 aromatic heterocycles. The number of likely N-dealkylation sites (N-methyl/N-ethyl adjacent to an activating group) is 1. The number of amides is 1. The van der Waals surface area contributed by atoms with Crippen molar-refractivity contribution < 1.29 is 4.79 Å². The molecule has 3 rings (SSSR count). The van der Waals surface area contributed by atoms with Crippen molar-refractivity contribution in [3.63, 3.8) is 0 Å². The third-order valence-electron chi connectivity index (χ3n) is 3.91. The van der Waals surface area contributed by atoms with Gasteiger partial charge in [-0.3, -0.25) is 14.3 Å². The van der Waals surface area contributed by atoms with E-state index in [0.717, 1.165) is 26.2 Å². The van der Waals surface area contributed by atoms with Gasteiger partial charge in [0.25, 0.3) is 0 Å². The van der Waals surface area contributed by atoms with Crippen LogP contribution in [0.1, 0.15) is 0 Å². The molecule has 1 aliphatic heterocycles. The molecule has 0 bridgehead atoms. The molecule has 0 saturated carbocycles. The zero-order valence-electron chi connectivity index (χ0n) is 13.2. The fourth-order valence-corrected chi connectivity index (χ4v) is 2.80. The maximum atomic E-state index is 12.1. The van der Waals surface area contributed by atoms with Crippen molar-refractivity contribution >= 4 is 34.8 Å². The smallest absolute Gasteiger partial charge is 0.238 e. The number of rotatable bonds is 4. The van der Waals surface area contributed by atoms with Crippen molar-refractivity contribution in [2.75, 3.05) is 45.1 Å². The van der Waals surface area contributed by atoms with Gasteiger partial charge in [-0.2, -0.15) is 0 Å². The fourth-order valence-electron chi connectivity index (χ4n) is 2.48. The molecule has 1 fully saturated rings. The van der Waals surface area contributed by atoms with E-state index >= 15 is 0 Å². The number of nitrogens with one attached hydrogen (secondary N) is 1. The Labute approximate surface area is 150 Å². The zero-order valence-corrected chi connectivity index (χ0v) is 14.8. The molecular formula is C15H18Cl2N6O. The van der Waals surface area contributed by atoms with Crippen LogP contribution in [0.15, 0.2) is 24.7 Å². The van der Waals surface area contributed by atoms with Gasteiger partial charge in [-0.15, -0.1) is 0 Å². The van der Waals surface area contributed by atoms with Crippen LogP contribution < -0.4 is 5.32 Å². The van der Waals surface area contributed by atoms with Crippen molar-refractivity contribution in [3.8, 4) is 5.82 Å². The van der Waals surface area contributed by atoms with E-state index in [4.69, 9.17) is 23.2 Å². The van der Waals surface area contributed by atoms with E-state index in [1.54, 1.807) is 22.9 Å². The Balaban J connectivity index is 1.58. The van der Waals surface area contributed by atoms with Gasteiger partial charge in [0.1, 0.15) is 12.1 Å². The molecule has 1 saturated heterocycles. The molecule has 9 heteroatoms. The predicted octanol–water partition coefficient (Wildman–Crippen LogP) is 1.76. The molecule has 7 nitrogen and oxygen atoms in total. The summed E-state index contributed by atoms with van der Waals surface area (Å²) in [5.41, 5.74) is 0.639. The Morgan fingerprint density at radius 1 is 1.21 bits per heavy atom. The van der Waals surface area contributed by atoms with E-state index in [9.17, 15) is 4.79 Å². The second-order valence-electron chi connectivity index (χ2n) is 5.73. The Hall–Kier alpha value is -1.67. The first-order valence-electron chi connectivity index (χ1n) is 7.58. The highest BCUT2D eigenvalue weighted by Crippen LogP contribution is 2.23. The van der Waals surface area contributed by atoms with E-state index in [1.165, 1.54) is 6.33 Å². The molecule has 0 aromatic carbocycles. The number of carbonyl (C=O) groups excluding carboxylic acids is 1. The maximum absolute atomic E-state index is 12.1. The van der Waals surface area contributed by atoms with Gasteiger partial charge in [0.2, 0.25) is 5.91 Å². The molecule has 0 spiro atoms. The molecule has 24 heavy (non-hydrogen) atoms. The van der Waals surface area contributed by atoms with Crippen LogP contribution in [0, 0.1) is 0 Å². The zero-order chi connectivity index (χ0) is 17.1. The van der Waals surface area contributed by atoms with Gasteiger partial charge >= 0.3 is 0 Å². The number of hydrogen-bond donors (Lipinski definition) is 1. The molecule has 0 atom stereocenters. The Kier molecular flexibility index (Phi) is 5.35. The Morgan fingerprint density at radius 3 is 2.54 bits per heavy atom. The van der Waals surface area contributed by atoms with Gasteiger partial charge in [-0.05, 0) is 19.2 Å². The first-order chi connectivity index (χ1) is 11.5. The number of aromatic nitrogens is 3. The molecular weight excluding hydrogens is 351 g/mol. The molecule has 3 heterocycles. The van der Waals surface area contributed by atoms with Crippen molar-refractivity contribution in [1.82, 2.24) is 24.3 Å². The van der Waals surface area contributed by atoms with E-state index < -0.39 is 0 Å². The highest BCUT2D eigenvalue weighted by Gasteiger charge is 2.16. The Morgan fingerprint density at radius 2 is 1.96 bits per heavy atom. The lowest BCUT2D eigenvalue weighted by atomic mass is 10.3. The molecule has 2 aromatic rings. The summed E-state index contributed by atoms with van der Waals surface area (Å²) >= 11 is 11.9. The summed E-state index contributed by atoms with van der Waals surface area (Å²) in [5, 5.41) is 3.39. The summed E-state index contributed by atoms with van der Waals surface area (Å²) in [4.78, 5) is 24.7. The first-order valence-corrected chi connectivity index (χ1v) is 8.34. The lowest BCUT2D eigenvalue weighted by Gasteiger charge is -2.31. The van der Waals surface area contributed by atoms with E-state index in [0.29, 0.717) is 23.2 Å². The van der Waals surface area contributed by atoms with Gasteiger partial charge in [-0.25, -0.2) is 9.97 Å². The number of piperazine rings is 1. The number of imidazole rings is 1. The number of nitrogens with zero attached hydrogens (tertiary/aromatic N) is 5. The normalized spacial score (nSPS) is 16.3. The van der Waals surface area contributed by atoms with Crippen LogP contribution in [0.5, 0.6) is 0 Å². The van der Waals surface area contributed by atoms with Crippen molar-refractivity contribution in [2.24, 2.45) is 0 Å². The fraction of sp³-hybridized carbons (Fsp3) is 0.400. The maximum Gasteiger partial charge on any atom is 0.238 e. The molecule has 1 N–H and O–H groups in total. The Bertz CT molecular complexity index is 709. The summed E-state index contributed by atoms with van der Waals surface area (Å²) in [6.07, 6.45) is 3.08. The predicted molar refractivity (Wildman–Crippen MR) is 93.9 cm³/mol. The van der Waals surface area contributed by atoms with E-state index in [2.05, 4.69) is 32.1 Å². The van der Waals surface area contributed by atoms with Gasteiger partial charge in [0.05, 0.1) is 18.4 Å². The minimum Gasteiger partial charge on any atom is -0.324 e. The molecule has 0 aliphatic carbocycles. The highest BCUT2D eigenvalue weighted by molar-refractivity contribution is 6.40. The van der Waals surface area contributed by atoms with Crippen molar-refractivity contribution in [2.45, 2.75) is 0 Å². The van der Waals surface area contributed by atoms with Crippen LogP contribution >= 0.6 is 23.2 Å². The van der Waals surface area contributed by atoms with Crippen LogP contribution in [0.2, 0.25) is 10.3 Å². The van der Waals surface area contributed by atoms with Gasteiger partial charge < -0.3 is 10.2 Å². The van der Waals surface area contributed by atoms with Crippen LogP contribution in [-0.2, 0) is 4.79 Å². The highest BCUT2D eigenvalue weighted by atomic mass is 35.5. The van der Waals surface area contributed by atoms with E-state index in [-0.39, 0.29) is 11.1 Å². The molecule has 1 aliphatic rings. The van der Waals surface area contributed by atoms with Crippen LogP contribution in [0.25, 0.3) is 5.82 Å². The van der Waals surface area contributed by atoms with Crippen LogP contribution in [0.4, 0.5) is 5.69 Å². The third kappa shape index (κ3) is 4.05. The first kappa shape index (κ1) is 17.2. The molecule has 128 valence electrons. The summed E-state index contributed by atoms with van der Waals surface area (Å²) in [5.74, 6) is 0.536. The number of halogens is 2. The molecule has 1 amide bonds. The van der Waals surface area contributed by atoms with Crippen molar-refractivity contribution in [3.05, 3.63) is 35.0 Å². The third-order valence-corrected chi connectivity index (χ3v) is 4.64. The van der Waals surface area contributed by atoms with Crippen LogP contribution in [-0.4, -0.2) is 70.0 Å². The van der Waals surface area contributed by atoms with E-state index in [1.807, 2.05) is 0 Å². The van der Waals surface area contributed by atoms with Crippen molar-refractivity contribution in [1.29, 1.82) is 0 Å². The summed E-state index contributed by atoms with van der Waals surface area (Å²) in [6, 6.07) is 3.52. The topological polar surface area (TPSA) is 66.3 Å². The minimum absolute atomic E-state index is 0.0437. The largest absolute Gasteiger partial charge is 0.324 e. The second kappa shape index (κ2) is 7.48. The van der Waals surface area contributed by atoms with Gasteiger partial charge in [0.15, 0.2) is 10.3 Å². The lowest BCUT2D eigenvalue weighted by Crippen LogP contribution is -2.47. The standard InChI is InChI=1S/C15H18Cl2N6O/c1-21-4-6-22(7-5-21)9-13(24)20-11-2-3-12(18-8-11)23-10-19-14(16)15(23)17/h2-3,8,10H,4-7,9H2,1H3,(H,20,24).